The first-order chi connectivity index (χ1) is 8.88. The smallest absolute Gasteiger partial charge is 0.0343 e. The Morgan fingerprint density at radius 1 is 1.11 bits per heavy atom. The minimum atomic E-state index is 0.732. The molecule has 18 heavy (non-hydrogen) atoms. The second-order valence-electron chi connectivity index (χ2n) is 4.30. The largest absolute Gasteiger partial charge is 0.385 e. The third-order valence-electron chi connectivity index (χ3n) is 2.85. The van der Waals surface area contributed by atoms with E-state index in [9.17, 15) is 0 Å². The molecule has 0 amide bonds. The first kappa shape index (κ1) is 13.4. The molecule has 0 aliphatic heterocycles. The molecule has 0 radical (unpaired) electrons. The molecular weight excluding hydrogens is 262 g/mol. The number of halogens is 1. The minimum Gasteiger partial charge on any atom is -0.385 e. The van der Waals surface area contributed by atoms with Crippen molar-refractivity contribution in [3.05, 3.63) is 52.2 Å². The highest BCUT2D eigenvalue weighted by Gasteiger charge is 1.97. The van der Waals surface area contributed by atoms with Gasteiger partial charge in [-0.05, 0) is 59.3 Å². The van der Waals surface area contributed by atoms with Crippen molar-refractivity contribution in [2.75, 3.05) is 17.7 Å². The average molecular weight is 280 g/mol. The lowest BCUT2D eigenvalue weighted by molar-refractivity contribution is 0.928. The number of hydrogen-bond acceptors (Lipinski definition) is 2. The summed E-state index contributed by atoms with van der Waals surface area (Å²) in [6.07, 6.45) is 3.18. The lowest BCUT2D eigenvalue weighted by Gasteiger charge is -2.07. The summed E-state index contributed by atoms with van der Waals surface area (Å²) in [6, 6.07) is 10.8. The van der Waals surface area contributed by atoms with E-state index in [-0.39, 0.29) is 0 Å². The van der Waals surface area contributed by atoms with E-state index >= 15 is 0 Å². The van der Waals surface area contributed by atoms with E-state index in [0.717, 1.165) is 31.7 Å². The lowest BCUT2D eigenvalue weighted by Crippen LogP contribution is -2.04. The van der Waals surface area contributed by atoms with Crippen LogP contribution in [-0.2, 0) is 12.8 Å². The van der Waals surface area contributed by atoms with E-state index < -0.39 is 0 Å². The van der Waals surface area contributed by atoms with Crippen LogP contribution < -0.4 is 5.32 Å². The summed E-state index contributed by atoms with van der Waals surface area (Å²) in [5.41, 5.74) is 3.97. The van der Waals surface area contributed by atoms with Crippen molar-refractivity contribution in [3.8, 4) is 0 Å². The Morgan fingerprint density at radius 2 is 2.06 bits per heavy atom. The minimum absolute atomic E-state index is 0.732. The molecule has 0 aliphatic rings. The first-order valence-electron chi connectivity index (χ1n) is 6.28. The summed E-state index contributed by atoms with van der Waals surface area (Å²) in [4.78, 5) is 0. The Hall–Kier alpha value is -0.990. The van der Waals surface area contributed by atoms with Crippen molar-refractivity contribution in [2.24, 2.45) is 0 Å². The van der Waals surface area contributed by atoms with Crippen LogP contribution in [-0.4, -0.2) is 12.4 Å². The van der Waals surface area contributed by atoms with Gasteiger partial charge in [0, 0.05) is 18.1 Å². The van der Waals surface area contributed by atoms with Crippen molar-refractivity contribution in [3.63, 3.8) is 0 Å². The average Bonchev–Trinajstić information content (AvgIpc) is 2.90. The number of alkyl halides is 1. The molecule has 96 valence electrons. The molecule has 1 aromatic carbocycles. The topological polar surface area (TPSA) is 12.0 Å². The van der Waals surface area contributed by atoms with Crippen molar-refractivity contribution >= 4 is 28.6 Å². The maximum absolute atomic E-state index is 5.72. The molecule has 0 aliphatic carbocycles. The molecular formula is C15H18ClNS. The highest BCUT2D eigenvalue weighted by molar-refractivity contribution is 7.07. The van der Waals surface area contributed by atoms with Crippen LogP contribution in [0.25, 0.3) is 0 Å². The Bertz CT molecular complexity index is 453. The predicted molar refractivity (Wildman–Crippen MR) is 82.0 cm³/mol. The van der Waals surface area contributed by atoms with Crippen molar-refractivity contribution in [2.45, 2.75) is 19.3 Å². The summed E-state index contributed by atoms with van der Waals surface area (Å²) in [7, 11) is 0. The molecule has 1 nitrogen and oxygen atoms in total. The van der Waals surface area contributed by atoms with Crippen molar-refractivity contribution in [1.29, 1.82) is 0 Å². The Balaban J connectivity index is 1.81. The quantitative estimate of drug-likeness (QED) is 0.732. The van der Waals surface area contributed by atoms with Crippen LogP contribution in [0.15, 0.2) is 41.1 Å². The third kappa shape index (κ3) is 4.35. The summed E-state index contributed by atoms with van der Waals surface area (Å²) in [5.74, 6) is 0.732. The molecule has 0 atom stereocenters. The Labute approximate surface area is 118 Å². The molecule has 1 N–H and O–H groups in total. The molecule has 1 aromatic heterocycles. The van der Waals surface area contributed by atoms with Gasteiger partial charge in [0.25, 0.3) is 0 Å². The van der Waals surface area contributed by atoms with E-state index in [1.807, 2.05) is 0 Å². The molecule has 0 bridgehead atoms. The number of aryl methyl sites for hydroxylation is 1. The fourth-order valence-corrected chi connectivity index (χ4v) is 2.73. The van der Waals surface area contributed by atoms with Gasteiger partial charge in [-0.15, -0.1) is 11.6 Å². The number of nitrogens with one attached hydrogen (secondary N) is 1. The number of hydrogen-bond donors (Lipinski definition) is 1. The van der Waals surface area contributed by atoms with Gasteiger partial charge >= 0.3 is 0 Å². The second-order valence-corrected chi connectivity index (χ2v) is 5.46. The van der Waals surface area contributed by atoms with Gasteiger partial charge in [-0.1, -0.05) is 12.1 Å². The van der Waals surface area contributed by atoms with Crippen LogP contribution in [0.5, 0.6) is 0 Å². The fourth-order valence-electron chi connectivity index (χ4n) is 1.89. The van der Waals surface area contributed by atoms with E-state index in [2.05, 4.69) is 46.4 Å². The molecule has 0 spiro atoms. The first-order valence-corrected chi connectivity index (χ1v) is 7.76. The van der Waals surface area contributed by atoms with E-state index in [0.29, 0.717) is 0 Å². The molecule has 3 heteroatoms. The summed E-state index contributed by atoms with van der Waals surface area (Å²) < 4.78 is 0. The molecule has 2 aromatic rings. The second kappa shape index (κ2) is 7.45. The molecule has 0 unspecified atom stereocenters. The SMILES string of the molecule is ClCCCc1cccc(NCCc2ccsc2)c1. The van der Waals surface area contributed by atoms with Crippen LogP contribution in [0.2, 0.25) is 0 Å². The van der Waals surface area contributed by atoms with Crippen LogP contribution in [0.4, 0.5) is 5.69 Å². The zero-order valence-electron chi connectivity index (χ0n) is 10.4. The summed E-state index contributed by atoms with van der Waals surface area (Å²) >= 11 is 7.47. The van der Waals surface area contributed by atoms with Crippen LogP contribution in [0.1, 0.15) is 17.5 Å². The number of benzene rings is 1. The summed E-state index contributed by atoms with van der Waals surface area (Å²) in [6.45, 7) is 0.982. The maximum atomic E-state index is 5.72. The van der Waals surface area contributed by atoms with Gasteiger partial charge in [-0.25, -0.2) is 0 Å². The monoisotopic (exact) mass is 279 g/mol. The van der Waals surface area contributed by atoms with Gasteiger partial charge in [0.05, 0.1) is 0 Å². The highest BCUT2D eigenvalue weighted by Crippen LogP contribution is 2.13. The van der Waals surface area contributed by atoms with Gasteiger partial charge < -0.3 is 5.32 Å². The third-order valence-corrected chi connectivity index (χ3v) is 3.85. The van der Waals surface area contributed by atoms with Crippen LogP contribution in [0, 0.1) is 0 Å². The Morgan fingerprint density at radius 3 is 2.83 bits per heavy atom. The van der Waals surface area contributed by atoms with Crippen molar-refractivity contribution < 1.29 is 0 Å². The molecule has 0 saturated carbocycles. The van der Waals surface area contributed by atoms with Crippen LogP contribution >= 0.6 is 22.9 Å². The van der Waals surface area contributed by atoms with Gasteiger partial charge in [-0.3, -0.25) is 0 Å². The van der Waals surface area contributed by atoms with Gasteiger partial charge in [0.2, 0.25) is 0 Å². The summed E-state index contributed by atoms with van der Waals surface area (Å²) in [5, 5.41) is 7.81. The maximum Gasteiger partial charge on any atom is 0.0343 e. The van der Waals surface area contributed by atoms with Crippen molar-refractivity contribution in [1.82, 2.24) is 0 Å². The molecule has 0 saturated heterocycles. The fraction of sp³-hybridized carbons (Fsp3) is 0.333. The van der Waals surface area contributed by atoms with E-state index in [1.54, 1.807) is 11.3 Å². The number of rotatable bonds is 7. The highest BCUT2D eigenvalue weighted by atomic mass is 35.5. The van der Waals surface area contributed by atoms with Gasteiger partial charge in [0.1, 0.15) is 0 Å². The zero-order valence-corrected chi connectivity index (χ0v) is 11.9. The zero-order chi connectivity index (χ0) is 12.6. The number of thiophene rings is 1. The molecule has 1 heterocycles. The van der Waals surface area contributed by atoms with Crippen LogP contribution in [0.3, 0.4) is 0 Å². The standard InChI is InChI=1S/C15H18ClNS/c16-8-2-4-13-3-1-5-15(11-13)17-9-6-14-7-10-18-12-14/h1,3,5,7,10-12,17H,2,4,6,8-9H2. The molecule has 2 rings (SSSR count). The van der Waals surface area contributed by atoms with Gasteiger partial charge in [0.15, 0.2) is 0 Å². The number of anilines is 1. The molecule has 0 fully saturated rings. The van der Waals surface area contributed by atoms with E-state index in [4.69, 9.17) is 11.6 Å². The Kier molecular flexibility index (Phi) is 5.56. The van der Waals surface area contributed by atoms with E-state index in [1.165, 1.54) is 16.8 Å². The lowest BCUT2D eigenvalue weighted by atomic mass is 10.1. The predicted octanol–water partition coefficient (Wildman–Crippen LogP) is 4.57. The van der Waals surface area contributed by atoms with Gasteiger partial charge in [-0.2, -0.15) is 11.3 Å². The normalized spacial score (nSPS) is 10.5.